The SMILES string of the molecule is O=C(CCCN1CCCC1CCCO)c1ccccc1. The number of hydrogen-bond donors (Lipinski definition) is 1. The summed E-state index contributed by atoms with van der Waals surface area (Å²) in [6.07, 6.45) is 6.04. The Morgan fingerprint density at radius 2 is 2.05 bits per heavy atom. The zero-order valence-corrected chi connectivity index (χ0v) is 12.1. The average molecular weight is 275 g/mol. The van der Waals surface area contributed by atoms with Crippen LogP contribution in [0.3, 0.4) is 0 Å². The fourth-order valence-electron chi connectivity index (χ4n) is 3.05. The highest BCUT2D eigenvalue weighted by atomic mass is 16.2. The fourth-order valence-corrected chi connectivity index (χ4v) is 3.05. The minimum Gasteiger partial charge on any atom is -0.396 e. The molecule has 1 aromatic carbocycles. The van der Waals surface area contributed by atoms with Crippen molar-refractivity contribution in [3.05, 3.63) is 35.9 Å². The second-order valence-corrected chi connectivity index (χ2v) is 5.59. The molecule has 2 rings (SSSR count). The lowest BCUT2D eigenvalue weighted by molar-refractivity contribution is 0.0973. The van der Waals surface area contributed by atoms with Crippen molar-refractivity contribution < 1.29 is 9.90 Å². The number of carbonyl (C=O) groups is 1. The van der Waals surface area contributed by atoms with E-state index in [1.54, 1.807) is 0 Å². The van der Waals surface area contributed by atoms with E-state index < -0.39 is 0 Å². The molecule has 1 atom stereocenters. The summed E-state index contributed by atoms with van der Waals surface area (Å²) < 4.78 is 0. The maximum absolute atomic E-state index is 12.0. The van der Waals surface area contributed by atoms with Gasteiger partial charge in [0.2, 0.25) is 0 Å². The van der Waals surface area contributed by atoms with Crippen LogP contribution in [0.1, 0.15) is 48.9 Å². The molecule has 1 aromatic rings. The summed E-state index contributed by atoms with van der Waals surface area (Å²) in [4.78, 5) is 14.5. The molecule has 0 saturated carbocycles. The van der Waals surface area contributed by atoms with Gasteiger partial charge in [0.05, 0.1) is 0 Å². The third-order valence-electron chi connectivity index (χ3n) is 4.14. The number of rotatable bonds is 8. The molecule has 0 aliphatic carbocycles. The van der Waals surface area contributed by atoms with Crippen molar-refractivity contribution in [1.29, 1.82) is 0 Å². The first-order valence-corrected chi connectivity index (χ1v) is 7.74. The van der Waals surface area contributed by atoms with Gasteiger partial charge in [-0.05, 0) is 45.2 Å². The van der Waals surface area contributed by atoms with Crippen molar-refractivity contribution in [1.82, 2.24) is 4.90 Å². The average Bonchev–Trinajstić information content (AvgIpc) is 2.93. The lowest BCUT2D eigenvalue weighted by Crippen LogP contribution is -2.30. The predicted octanol–water partition coefficient (Wildman–Crippen LogP) is 2.89. The lowest BCUT2D eigenvalue weighted by atomic mass is 10.1. The monoisotopic (exact) mass is 275 g/mol. The van der Waals surface area contributed by atoms with Crippen molar-refractivity contribution >= 4 is 5.78 Å². The molecule has 0 spiro atoms. The number of aliphatic hydroxyl groups excluding tert-OH is 1. The molecule has 1 unspecified atom stereocenters. The highest BCUT2D eigenvalue weighted by Gasteiger charge is 2.23. The molecule has 110 valence electrons. The van der Waals surface area contributed by atoms with Crippen LogP contribution in [0.25, 0.3) is 0 Å². The van der Waals surface area contributed by atoms with E-state index in [1.165, 1.54) is 12.8 Å². The maximum Gasteiger partial charge on any atom is 0.162 e. The molecule has 20 heavy (non-hydrogen) atoms. The van der Waals surface area contributed by atoms with Gasteiger partial charge in [-0.15, -0.1) is 0 Å². The van der Waals surface area contributed by atoms with Crippen LogP contribution in [0.5, 0.6) is 0 Å². The van der Waals surface area contributed by atoms with Gasteiger partial charge in [-0.2, -0.15) is 0 Å². The molecule has 1 fully saturated rings. The first kappa shape index (κ1) is 15.2. The molecule has 1 saturated heterocycles. The third-order valence-corrected chi connectivity index (χ3v) is 4.14. The van der Waals surface area contributed by atoms with E-state index in [4.69, 9.17) is 5.11 Å². The van der Waals surface area contributed by atoms with Crippen molar-refractivity contribution in [2.75, 3.05) is 19.7 Å². The Kier molecular flexibility index (Phi) is 6.22. The molecule has 1 aliphatic heterocycles. The Labute approximate surface area is 121 Å². The molecular weight excluding hydrogens is 250 g/mol. The molecule has 0 radical (unpaired) electrons. The number of Topliss-reactive ketones (excluding diaryl/α,β-unsaturated/α-hetero) is 1. The number of likely N-dealkylation sites (tertiary alicyclic amines) is 1. The normalized spacial score (nSPS) is 19.4. The zero-order chi connectivity index (χ0) is 14.2. The predicted molar refractivity (Wildman–Crippen MR) is 80.9 cm³/mol. The van der Waals surface area contributed by atoms with Crippen LogP contribution in [0.4, 0.5) is 0 Å². The van der Waals surface area contributed by atoms with Gasteiger partial charge in [0.15, 0.2) is 5.78 Å². The third kappa shape index (κ3) is 4.43. The van der Waals surface area contributed by atoms with E-state index >= 15 is 0 Å². The van der Waals surface area contributed by atoms with Crippen LogP contribution in [0.2, 0.25) is 0 Å². The zero-order valence-electron chi connectivity index (χ0n) is 12.1. The van der Waals surface area contributed by atoms with Crippen molar-refractivity contribution in [3.8, 4) is 0 Å². The van der Waals surface area contributed by atoms with Gasteiger partial charge < -0.3 is 10.0 Å². The molecule has 0 amide bonds. The Bertz CT molecular complexity index is 405. The number of benzene rings is 1. The van der Waals surface area contributed by atoms with Crippen LogP contribution in [0, 0.1) is 0 Å². The van der Waals surface area contributed by atoms with Crippen LogP contribution in [-0.2, 0) is 0 Å². The van der Waals surface area contributed by atoms with E-state index in [-0.39, 0.29) is 12.4 Å². The van der Waals surface area contributed by atoms with Crippen molar-refractivity contribution in [3.63, 3.8) is 0 Å². The Morgan fingerprint density at radius 1 is 1.25 bits per heavy atom. The molecule has 0 aromatic heterocycles. The van der Waals surface area contributed by atoms with Crippen LogP contribution < -0.4 is 0 Å². The molecule has 1 N–H and O–H groups in total. The highest BCUT2D eigenvalue weighted by Crippen LogP contribution is 2.21. The van der Waals surface area contributed by atoms with E-state index in [1.807, 2.05) is 30.3 Å². The van der Waals surface area contributed by atoms with Crippen LogP contribution >= 0.6 is 0 Å². The first-order valence-electron chi connectivity index (χ1n) is 7.74. The standard InChI is InChI=1S/C17H25NO2/c19-14-6-10-16-9-4-12-18(16)13-5-11-17(20)15-7-2-1-3-8-15/h1-3,7-8,16,19H,4-6,9-14H2. The van der Waals surface area contributed by atoms with Gasteiger partial charge in [-0.1, -0.05) is 30.3 Å². The second kappa shape index (κ2) is 8.18. The van der Waals surface area contributed by atoms with Gasteiger partial charge >= 0.3 is 0 Å². The number of nitrogens with zero attached hydrogens (tertiary/aromatic N) is 1. The minimum absolute atomic E-state index is 0.247. The van der Waals surface area contributed by atoms with Crippen molar-refractivity contribution in [2.24, 2.45) is 0 Å². The first-order chi connectivity index (χ1) is 9.81. The van der Waals surface area contributed by atoms with E-state index in [0.29, 0.717) is 12.5 Å². The number of aliphatic hydroxyl groups is 1. The van der Waals surface area contributed by atoms with Crippen molar-refractivity contribution in [2.45, 2.75) is 44.6 Å². The van der Waals surface area contributed by atoms with Gasteiger partial charge in [0.1, 0.15) is 0 Å². The van der Waals surface area contributed by atoms with Gasteiger partial charge in [0.25, 0.3) is 0 Å². The second-order valence-electron chi connectivity index (χ2n) is 5.59. The fraction of sp³-hybridized carbons (Fsp3) is 0.588. The number of carbonyl (C=O) groups excluding carboxylic acids is 1. The van der Waals surface area contributed by atoms with Crippen LogP contribution in [-0.4, -0.2) is 41.5 Å². The highest BCUT2D eigenvalue weighted by molar-refractivity contribution is 5.95. The van der Waals surface area contributed by atoms with E-state index in [9.17, 15) is 4.79 Å². The molecule has 0 bridgehead atoms. The summed E-state index contributed by atoms with van der Waals surface area (Å²) in [6.45, 7) is 2.45. The topological polar surface area (TPSA) is 40.5 Å². The summed E-state index contributed by atoms with van der Waals surface area (Å²) in [6, 6.07) is 10.2. The van der Waals surface area contributed by atoms with E-state index in [0.717, 1.165) is 37.9 Å². The maximum atomic E-state index is 12.0. The van der Waals surface area contributed by atoms with Gasteiger partial charge in [-0.25, -0.2) is 0 Å². The number of hydrogen-bond acceptors (Lipinski definition) is 3. The summed E-state index contributed by atoms with van der Waals surface area (Å²) in [5, 5.41) is 8.92. The lowest BCUT2D eigenvalue weighted by Gasteiger charge is -2.24. The van der Waals surface area contributed by atoms with E-state index in [2.05, 4.69) is 4.90 Å². The molecule has 1 aliphatic rings. The van der Waals surface area contributed by atoms with Gasteiger partial charge in [0, 0.05) is 24.6 Å². The smallest absolute Gasteiger partial charge is 0.162 e. The van der Waals surface area contributed by atoms with Gasteiger partial charge in [-0.3, -0.25) is 4.79 Å². The summed E-state index contributed by atoms with van der Waals surface area (Å²) >= 11 is 0. The summed E-state index contributed by atoms with van der Waals surface area (Å²) in [5.74, 6) is 0.247. The summed E-state index contributed by atoms with van der Waals surface area (Å²) in [7, 11) is 0. The molecule has 3 nitrogen and oxygen atoms in total. The Hall–Kier alpha value is -1.19. The largest absolute Gasteiger partial charge is 0.396 e. The molecule has 1 heterocycles. The Balaban J connectivity index is 1.71. The minimum atomic E-state index is 0.247. The molecule has 3 heteroatoms. The summed E-state index contributed by atoms with van der Waals surface area (Å²) in [5.41, 5.74) is 0.825. The Morgan fingerprint density at radius 3 is 2.80 bits per heavy atom. The molecular formula is C17H25NO2. The van der Waals surface area contributed by atoms with Crippen LogP contribution in [0.15, 0.2) is 30.3 Å². The quantitative estimate of drug-likeness (QED) is 0.742. The number of ketones is 1.